The van der Waals surface area contributed by atoms with Crippen LogP contribution in [0.4, 0.5) is 0 Å². The van der Waals surface area contributed by atoms with Gasteiger partial charge in [0.25, 0.3) is 0 Å². The number of ether oxygens (including phenoxy) is 1. The van der Waals surface area contributed by atoms with E-state index in [1.54, 1.807) is 7.11 Å². The molecule has 1 atom stereocenters. The van der Waals surface area contributed by atoms with E-state index in [9.17, 15) is 0 Å². The summed E-state index contributed by atoms with van der Waals surface area (Å²) in [5.41, 5.74) is 0.828. The molecule has 3 nitrogen and oxygen atoms in total. The molecule has 1 aromatic carbocycles. The van der Waals surface area contributed by atoms with E-state index in [4.69, 9.17) is 9.15 Å². The quantitative estimate of drug-likeness (QED) is 0.877. The van der Waals surface area contributed by atoms with Crippen LogP contribution in [0.5, 0.6) is 5.75 Å². The largest absolute Gasteiger partial charge is 0.493 e. The second-order valence-corrected chi connectivity index (χ2v) is 5.00. The molecule has 2 rings (SSSR count). The molecule has 0 saturated heterocycles. The van der Waals surface area contributed by atoms with E-state index in [1.165, 1.54) is 0 Å². The minimum absolute atomic E-state index is 0.472. The van der Waals surface area contributed by atoms with Gasteiger partial charge in [-0.3, -0.25) is 0 Å². The predicted octanol–water partition coefficient (Wildman–Crippen LogP) is 3.58. The van der Waals surface area contributed by atoms with Crippen molar-refractivity contribution in [3.05, 3.63) is 30.0 Å². The van der Waals surface area contributed by atoms with Gasteiger partial charge in [-0.2, -0.15) is 0 Å². The molecule has 0 aliphatic heterocycles. The van der Waals surface area contributed by atoms with Crippen LogP contribution in [-0.2, 0) is 6.54 Å². The highest BCUT2D eigenvalue weighted by atomic mass is 16.5. The Morgan fingerprint density at radius 2 is 2.06 bits per heavy atom. The third kappa shape index (κ3) is 2.67. The molecule has 1 heterocycles. The second kappa shape index (κ2) is 5.44. The number of benzene rings is 1. The number of para-hydroxylation sites is 1. The molecule has 0 bridgehead atoms. The van der Waals surface area contributed by atoms with E-state index in [2.05, 4.69) is 32.2 Å². The maximum atomic E-state index is 5.83. The van der Waals surface area contributed by atoms with Crippen LogP contribution >= 0.6 is 0 Å². The maximum Gasteiger partial charge on any atom is 0.176 e. The molecule has 0 fully saturated rings. The second-order valence-electron chi connectivity index (χ2n) is 5.00. The van der Waals surface area contributed by atoms with Gasteiger partial charge in [0.1, 0.15) is 5.76 Å². The van der Waals surface area contributed by atoms with Crippen LogP contribution in [0.3, 0.4) is 0 Å². The Bertz CT molecular complexity index is 516. The van der Waals surface area contributed by atoms with Crippen molar-refractivity contribution in [3.8, 4) is 5.75 Å². The first-order valence-electron chi connectivity index (χ1n) is 6.40. The fourth-order valence-corrected chi connectivity index (χ4v) is 1.83. The highest BCUT2D eigenvalue weighted by Crippen LogP contribution is 2.28. The molecule has 0 amide bonds. The maximum absolute atomic E-state index is 5.83. The van der Waals surface area contributed by atoms with E-state index < -0.39 is 0 Å². The Hall–Kier alpha value is -1.48. The zero-order chi connectivity index (χ0) is 13.1. The summed E-state index contributed by atoms with van der Waals surface area (Å²) >= 11 is 0. The van der Waals surface area contributed by atoms with Gasteiger partial charge >= 0.3 is 0 Å². The van der Waals surface area contributed by atoms with Gasteiger partial charge in [-0.15, -0.1) is 0 Å². The van der Waals surface area contributed by atoms with Crippen LogP contribution in [0.1, 0.15) is 26.5 Å². The summed E-state index contributed by atoms with van der Waals surface area (Å²) in [6.07, 6.45) is 0. The molecule has 0 saturated carbocycles. The summed E-state index contributed by atoms with van der Waals surface area (Å²) in [6.45, 7) is 7.35. The van der Waals surface area contributed by atoms with Gasteiger partial charge in [-0.25, -0.2) is 0 Å². The van der Waals surface area contributed by atoms with Crippen molar-refractivity contribution in [2.75, 3.05) is 7.11 Å². The van der Waals surface area contributed by atoms with Crippen molar-refractivity contribution in [2.45, 2.75) is 33.4 Å². The van der Waals surface area contributed by atoms with Gasteiger partial charge in [0.15, 0.2) is 11.3 Å². The number of rotatable bonds is 5. The molecule has 2 aromatic rings. The van der Waals surface area contributed by atoms with E-state index in [1.807, 2.05) is 18.2 Å². The number of hydrogen-bond acceptors (Lipinski definition) is 3. The molecule has 0 aliphatic rings. The predicted molar refractivity (Wildman–Crippen MR) is 73.9 cm³/mol. The van der Waals surface area contributed by atoms with Gasteiger partial charge < -0.3 is 14.5 Å². The number of nitrogens with one attached hydrogen (secondary N) is 1. The molecular formula is C15H21NO2. The van der Waals surface area contributed by atoms with Crippen molar-refractivity contribution in [3.63, 3.8) is 0 Å². The molecule has 1 aromatic heterocycles. The van der Waals surface area contributed by atoms with Crippen LogP contribution < -0.4 is 10.1 Å². The first-order valence-corrected chi connectivity index (χ1v) is 6.40. The normalized spacial score (nSPS) is 13.2. The lowest BCUT2D eigenvalue weighted by Crippen LogP contribution is -2.29. The van der Waals surface area contributed by atoms with Crippen LogP contribution in [0, 0.1) is 5.92 Å². The lowest BCUT2D eigenvalue weighted by atomic mass is 10.1. The molecule has 0 spiro atoms. The van der Waals surface area contributed by atoms with E-state index >= 15 is 0 Å². The fourth-order valence-electron chi connectivity index (χ4n) is 1.83. The number of fused-ring (bicyclic) bond motifs is 1. The van der Waals surface area contributed by atoms with Gasteiger partial charge in [0.05, 0.1) is 13.7 Å². The Kier molecular flexibility index (Phi) is 3.92. The van der Waals surface area contributed by atoms with Crippen LogP contribution in [0.15, 0.2) is 28.7 Å². The number of methoxy groups -OCH3 is 1. The molecule has 0 aliphatic carbocycles. The highest BCUT2D eigenvalue weighted by molar-refractivity contribution is 5.83. The smallest absolute Gasteiger partial charge is 0.176 e. The minimum atomic E-state index is 0.472. The van der Waals surface area contributed by atoms with Gasteiger partial charge in [0.2, 0.25) is 0 Å². The highest BCUT2D eigenvalue weighted by Gasteiger charge is 2.10. The van der Waals surface area contributed by atoms with Crippen molar-refractivity contribution in [1.82, 2.24) is 5.32 Å². The summed E-state index contributed by atoms with van der Waals surface area (Å²) in [5.74, 6) is 2.35. The molecule has 1 N–H and O–H groups in total. The lowest BCUT2D eigenvalue weighted by molar-refractivity contribution is 0.391. The molecular weight excluding hydrogens is 226 g/mol. The van der Waals surface area contributed by atoms with Crippen LogP contribution in [0.2, 0.25) is 0 Å². The first-order chi connectivity index (χ1) is 8.61. The summed E-state index contributed by atoms with van der Waals surface area (Å²) in [7, 11) is 1.66. The SMILES string of the molecule is COc1cccc2cc(CNC(C)C(C)C)oc12. The molecule has 1 unspecified atom stereocenters. The summed E-state index contributed by atoms with van der Waals surface area (Å²) in [5, 5.41) is 4.55. The molecule has 3 heteroatoms. The monoisotopic (exact) mass is 247 g/mol. The number of furan rings is 1. The summed E-state index contributed by atoms with van der Waals surface area (Å²) in [6, 6.07) is 8.47. The van der Waals surface area contributed by atoms with E-state index in [-0.39, 0.29) is 0 Å². The minimum Gasteiger partial charge on any atom is -0.493 e. The summed E-state index contributed by atoms with van der Waals surface area (Å²) in [4.78, 5) is 0. The van der Waals surface area contributed by atoms with Crippen molar-refractivity contribution < 1.29 is 9.15 Å². The Morgan fingerprint density at radius 1 is 1.28 bits per heavy atom. The first kappa shape index (κ1) is 13.0. The zero-order valence-electron chi connectivity index (χ0n) is 11.5. The van der Waals surface area contributed by atoms with Crippen LogP contribution in [-0.4, -0.2) is 13.2 Å². The standard InChI is InChI=1S/C15H21NO2/c1-10(2)11(3)16-9-13-8-12-6-5-7-14(17-4)15(12)18-13/h5-8,10-11,16H,9H2,1-4H3. The van der Waals surface area contributed by atoms with E-state index in [0.29, 0.717) is 12.0 Å². The molecule has 98 valence electrons. The zero-order valence-corrected chi connectivity index (χ0v) is 11.5. The van der Waals surface area contributed by atoms with Crippen molar-refractivity contribution >= 4 is 11.0 Å². The lowest BCUT2D eigenvalue weighted by Gasteiger charge is -2.16. The van der Waals surface area contributed by atoms with E-state index in [0.717, 1.165) is 29.0 Å². The van der Waals surface area contributed by atoms with Crippen LogP contribution in [0.25, 0.3) is 11.0 Å². The Morgan fingerprint density at radius 3 is 2.72 bits per heavy atom. The fraction of sp³-hybridized carbons (Fsp3) is 0.467. The van der Waals surface area contributed by atoms with Crippen molar-refractivity contribution in [2.24, 2.45) is 5.92 Å². The van der Waals surface area contributed by atoms with Gasteiger partial charge in [-0.1, -0.05) is 26.0 Å². The number of hydrogen-bond donors (Lipinski definition) is 1. The van der Waals surface area contributed by atoms with Crippen molar-refractivity contribution in [1.29, 1.82) is 0 Å². The third-order valence-electron chi connectivity index (χ3n) is 3.38. The topological polar surface area (TPSA) is 34.4 Å². The van der Waals surface area contributed by atoms with Gasteiger partial charge in [-0.05, 0) is 25.0 Å². The average Bonchev–Trinajstić information content (AvgIpc) is 2.78. The Balaban J connectivity index is 2.15. The third-order valence-corrected chi connectivity index (χ3v) is 3.38. The average molecular weight is 247 g/mol. The summed E-state index contributed by atoms with van der Waals surface area (Å²) < 4.78 is 11.1. The molecule has 18 heavy (non-hydrogen) atoms. The Labute approximate surface area is 108 Å². The van der Waals surface area contributed by atoms with Gasteiger partial charge in [0, 0.05) is 11.4 Å². The molecule has 0 radical (unpaired) electrons.